The molecular formula is C19H24N2O3. The molecule has 0 spiro atoms. The van der Waals surface area contributed by atoms with Crippen LogP contribution in [-0.2, 0) is 11.2 Å². The summed E-state index contributed by atoms with van der Waals surface area (Å²) in [6.07, 6.45) is 2.43. The molecule has 1 aliphatic rings. The van der Waals surface area contributed by atoms with Gasteiger partial charge in [0.2, 0.25) is 5.91 Å². The van der Waals surface area contributed by atoms with E-state index < -0.39 is 0 Å². The van der Waals surface area contributed by atoms with E-state index in [1.54, 1.807) is 4.90 Å². The van der Waals surface area contributed by atoms with E-state index >= 15 is 0 Å². The molecule has 1 N–H and O–H groups in total. The summed E-state index contributed by atoms with van der Waals surface area (Å²) in [5.41, 5.74) is 2.88. The van der Waals surface area contributed by atoms with Crippen molar-refractivity contribution in [2.75, 3.05) is 13.1 Å². The van der Waals surface area contributed by atoms with Crippen LogP contribution < -0.4 is 5.32 Å². The van der Waals surface area contributed by atoms with Gasteiger partial charge in [0.25, 0.3) is 5.91 Å². The number of fused-ring (bicyclic) bond motifs is 1. The lowest BCUT2D eigenvalue weighted by atomic mass is 10.1. The summed E-state index contributed by atoms with van der Waals surface area (Å²) in [5, 5.41) is 3.83. The van der Waals surface area contributed by atoms with Crippen LogP contribution in [0.25, 0.3) is 11.0 Å². The molecule has 1 aromatic heterocycles. The van der Waals surface area contributed by atoms with E-state index in [2.05, 4.69) is 24.4 Å². The number of rotatable bonds is 3. The smallest absolute Gasteiger partial charge is 0.290 e. The fourth-order valence-corrected chi connectivity index (χ4v) is 3.25. The minimum Gasteiger partial charge on any atom is -0.451 e. The second-order valence-corrected chi connectivity index (χ2v) is 6.54. The molecule has 1 fully saturated rings. The van der Waals surface area contributed by atoms with Crippen molar-refractivity contribution < 1.29 is 14.0 Å². The van der Waals surface area contributed by atoms with Crippen LogP contribution in [0, 0.1) is 6.92 Å². The Morgan fingerprint density at radius 2 is 2.21 bits per heavy atom. The summed E-state index contributed by atoms with van der Waals surface area (Å²) >= 11 is 0. The molecule has 0 radical (unpaired) electrons. The summed E-state index contributed by atoms with van der Waals surface area (Å²) in [5.74, 6) is 0.243. The van der Waals surface area contributed by atoms with E-state index in [-0.39, 0.29) is 17.9 Å². The Bertz CT molecular complexity index is 778. The zero-order valence-corrected chi connectivity index (χ0v) is 14.5. The Morgan fingerprint density at radius 1 is 1.42 bits per heavy atom. The molecule has 1 aromatic carbocycles. The maximum absolute atomic E-state index is 13.0. The van der Waals surface area contributed by atoms with Gasteiger partial charge >= 0.3 is 0 Å². The minimum absolute atomic E-state index is 0.0114. The largest absolute Gasteiger partial charge is 0.451 e. The number of hydrogen-bond donors (Lipinski definition) is 1. The number of carbonyl (C=O) groups excluding carboxylic acids is 2. The zero-order valence-electron chi connectivity index (χ0n) is 14.5. The molecule has 1 saturated heterocycles. The van der Waals surface area contributed by atoms with Crippen molar-refractivity contribution in [1.82, 2.24) is 10.2 Å². The first-order chi connectivity index (χ1) is 11.5. The Balaban J connectivity index is 1.94. The summed E-state index contributed by atoms with van der Waals surface area (Å²) in [6.45, 7) is 6.92. The average Bonchev–Trinajstić information content (AvgIpc) is 2.79. The molecule has 5 heteroatoms. The molecule has 2 aromatic rings. The third-order valence-electron chi connectivity index (χ3n) is 4.70. The molecular weight excluding hydrogens is 304 g/mol. The molecule has 2 heterocycles. The van der Waals surface area contributed by atoms with Crippen molar-refractivity contribution in [3.05, 3.63) is 35.1 Å². The predicted octanol–water partition coefficient (Wildman–Crippen LogP) is 3.04. The van der Waals surface area contributed by atoms with Crippen LogP contribution in [0.15, 0.2) is 22.6 Å². The number of benzene rings is 1. The highest BCUT2D eigenvalue weighted by Crippen LogP contribution is 2.28. The summed E-state index contributed by atoms with van der Waals surface area (Å²) in [7, 11) is 0. The molecule has 1 aliphatic heterocycles. The van der Waals surface area contributed by atoms with Crippen molar-refractivity contribution in [3.63, 3.8) is 0 Å². The minimum atomic E-state index is -0.134. The lowest BCUT2D eigenvalue weighted by molar-refractivity contribution is -0.120. The third kappa shape index (κ3) is 3.03. The fourth-order valence-electron chi connectivity index (χ4n) is 3.25. The zero-order chi connectivity index (χ0) is 17.3. The van der Waals surface area contributed by atoms with Gasteiger partial charge < -0.3 is 14.6 Å². The molecule has 0 bridgehead atoms. The van der Waals surface area contributed by atoms with Crippen molar-refractivity contribution in [1.29, 1.82) is 0 Å². The van der Waals surface area contributed by atoms with Crippen LogP contribution in [-0.4, -0.2) is 35.8 Å². The normalized spacial score (nSPS) is 18.5. The quantitative estimate of drug-likeness (QED) is 0.942. The van der Waals surface area contributed by atoms with Crippen LogP contribution in [0.1, 0.15) is 48.4 Å². The maximum Gasteiger partial charge on any atom is 0.290 e. The lowest BCUT2D eigenvalue weighted by Crippen LogP contribution is -2.41. The van der Waals surface area contributed by atoms with Crippen LogP contribution in [0.5, 0.6) is 0 Å². The SMILES string of the molecule is CCCc1ccc2oc(C(=O)N3CCC(=O)NCC3C)c(C)c2c1. The second kappa shape index (κ2) is 6.67. The Hall–Kier alpha value is -2.30. The van der Waals surface area contributed by atoms with Crippen LogP contribution in [0.4, 0.5) is 0 Å². The number of aryl methyl sites for hydroxylation is 2. The van der Waals surface area contributed by atoms with Gasteiger partial charge in [0.15, 0.2) is 5.76 Å². The standard InChI is InChI=1S/C19H24N2O3/c1-4-5-14-6-7-16-15(10-14)13(3)18(24-16)19(23)21-9-8-17(22)20-11-12(21)2/h6-7,10,12H,4-5,8-9,11H2,1-3H3,(H,20,22). The molecule has 5 nitrogen and oxygen atoms in total. The summed E-state index contributed by atoms with van der Waals surface area (Å²) < 4.78 is 5.87. The highest BCUT2D eigenvalue weighted by molar-refractivity contribution is 5.99. The first kappa shape index (κ1) is 16.6. The van der Waals surface area contributed by atoms with E-state index in [1.807, 2.05) is 19.9 Å². The molecule has 1 unspecified atom stereocenters. The number of carbonyl (C=O) groups is 2. The number of nitrogens with one attached hydrogen (secondary N) is 1. The van der Waals surface area contributed by atoms with Gasteiger partial charge in [-0.25, -0.2) is 0 Å². The van der Waals surface area contributed by atoms with E-state index in [4.69, 9.17) is 4.42 Å². The first-order valence-electron chi connectivity index (χ1n) is 8.61. The topological polar surface area (TPSA) is 62.6 Å². The summed E-state index contributed by atoms with van der Waals surface area (Å²) in [6, 6.07) is 6.07. The molecule has 0 aliphatic carbocycles. The molecule has 128 valence electrons. The highest BCUT2D eigenvalue weighted by atomic mass is 16.3. The van der Waals surface area contributed by atoms with E-state index in [9.17, 15) is 9.59 Å². The average molecular weight is 328 g/mol. The van der Waals surface area contributed by atoms with Gasteiger partial charge in [-0.15, -0.1) is 0 Å². The lowest BCUT2D eigenvalue weighted by Gasteiger charge is -2.25. The van der Waals surface area contributed by atoms with Crippen LogP contribution in [0.3, 0.4) is 0 Å². The second-order valence-electron chi connectivity index (χ2n) is 6.54. The van der Waals surface area contributed by atoms with E-state index in [0.29, 0.717) is 25.3 Å². The number of furan rings is 1. The van der Waals surface area contributed by atoms with Crippen molar-refractivity contribution >= 4 is 22.8 Å². The van der Waals surface area contributed by atoms with Crippen molar-refractivity contribution in [3.8, 4) is 0 Å². The molecule has 3 rings (SSSR count). The maximum atomic E-state index is 13.0. The molecule has 1 atom stereocenters. The molecule has 24 heavy (non-hydrogen) atoms. The van der Waals surface area contributed by atoms with Gasteiger partial charge in [-0.3, -0.25) is 9.59 Å². The Morgan fingerprint density at radius 3 is 2.96 bits per heavy atom. The van der Waals surface area contributed by atoms with Crippen LogP contribution in [0.2, 0.25) is 0 Å². The fraction of sp³-hybridized carbons (Fsp3) is 0.474. The van der Waals surface area contributed by atoms with Crippen molar-refractivity contribution in [2.45, 2.75) is 46.1 Å². The van der Waals surface area contributed by atoms with E-state index in [0.717, 1.165) is 29.4 Å². The van der Waals surface area contributed by atoms with Crippen LogP contribution >= 0.6 is 0 Å². The Labute approximate surface area is 142 Å². The summed E-state index contributed by atoms with van der Waals surface area (Å²) in [4.78, 5) is 26.3. The first-order valence-corrected chi connectivity index (χ1v) is 8.61. The van der Waals surface area contributed by atoms with Gasteiger partial charge in [-0.1, -0.05) is 19.4 Å². The monoisotopic (exact) mass is 328 g/mol. The predicted molar refractivity (Wildman–Crippen MR) is 93.1 cm³/mol. The van der Waals surface area contributed by atoms with E-state index in [1.165, 1.54) is 5.56 Å². The third-order valence-corrected chi connectivity index (χ3v) is 4.70. The molecule has 2 amide bonds. The van der Waals surface area contributed by atoms with Crippen molar-refractivity contribution in [2.24, 2.45) is 0 Å². The van der Waals surface area contributed by atoms with Gasteiger partial charge in [0.1, 0.15) is 5.58 Å². The molecule has 0 saturated carbocycles. The Kier molecular flexibility index (Phi) is 4.60. The number of amides is 2. The van der Waals surface area contributed by atoms with Gasteiger partial charge in [-0.05, 0) is 38.0 Å². The highest BCUT2D eigenvalue weighted by Gasteiger charge is 2.29. The van der Waals surface area contributed by atoms with Gasteiger partial charge in [-0.2, -0.15) is 0 Å². The van der Waals surface area contributed by atoms with Gasteiger partial charge in [0, 0.05) is 36.5 Å². The number of nitrogens with zero attached hydrogens (tertiary/aromatic N) is 1. The van der Waals surface area contributed by atoms with Gasteiger partial charge in [0.05, 0.1) is 0 Å². The number of hydrogen-bond acceptors (Lipinski definition) is 3.